The van der Waals surface area contributed by atoms with Crippen molar-refractivity contribution in [2.75, 3.05) is 0 Å². The largest absolute Gasteiger partial charge is 0.225 e. The minimum absolute atomic E-state index is 0.232. The van der Waals surface area contributed by atoms with E-state index in [9.17, 15) is 4.39 Å². The second-order valence-electron chi connectivity index (χ2n) is 2.49. The first-order valence-electron chi connectivity index (χ1n) is 3.39. The summed E-state index contributed by atoms with van der Waals surface area (Å²) in [4.78, 5) is 4.02. The van der Waals surface area contributed by atoms with Crippen molar-refractivity contribution in [3.05, 3.63) is 28.0 Å². The average Bonchev–Trinajstić information content (AvgIpc) is 2.39. The molecule has 0 bridgehead atoms. The van der Waals surface area contributed by atoms with E-state index in [2.05, 4.69) is 4.98 Å². The molecular weight excluding hydrogens is 197 g/mol. The lowest BCUT2D eigenvalue weighted by molar-refractivity contribution is 0.620. The van der Waals surface area contributed by atoms with Crippen molar-refractivity contribution in [1.82, 2.24) is 4.98 Å². The van der Waals surface area contributed by atoms with E-state index in [1.165, 1.54) is 17.4 Å². The van der Waals surface area contributed by atoms with Crippen LogP contribution in [0.2, 0.25) is 4.47 Å². The SMILES string of the molecule is Cc1c(F)ccc2sc(Cl)nc12. The molecule has 0 aliphatic heterocycles. The summed E-state index contributed by atoms with van der Waals surface area (Å²) in [7, 11) is 0. The van der Waals surface area contributed by atoms with Gasteiger partial charge in [0.05, 0.1) is 10.2 Å². The first-order chi connectivity index (χ1) is 5.68. The van der Waals surface area contributed by atoms with Crippen LogP contribution >= 0.6 is 22.9 Å². The zero-order chi connectivity index (χ0) is 8.72. The summed E-state index contributed by atoms with van der Waals surface area (Å²) in [5.74, 6) is -0.232. The van der Waals surface area contributed by atoms with Gasteiger partial charge in [-0.15, -0.1) is 11.3 Å². The van der Waals surface area contributed by atoms with E-state index in [-0.39, 0.29) is 5.82 Å². The predicted molar refractivity (Wildman–Crippen MR) is 49.3 cm³/mol. The van der Waals surface area contributed by atoms with Gasteiger partial charge in [-0.25, -0.2) is 9.37 Å². The number of nitrogens with zero attached hydrogens (tertiary/aromatic N) is 1. The average molecular weight is 202 g/mol. The van der Waals surface area contributed by atoms with Crippen LogP contribution in [0.25, 0.3) is 10.2 Å². The first-order valence-corrected chi connectivity index (χ1v) is 4.59. The maximum Gasteiger partial charge on any atom is 0.184 e. The van der Waals surface area contributed by atoms with Gasteiger partial charge >= 0.3 is 0 Å². The molecule has 4 heteroatoms. The minimum atomic E-state index is -0.232. The summed E-state index contributed by atoms with van der Waals surface area (Å²) in [6, 6.07) is 3.13. The Morgan fingerprint density at radius 2 is 2.25 bits per heavy atom. The van der Waals surface area contributed by atoms with Crippen LogP contribution in [0, 0.1) is 12.7 Å². The number of aromatic nitrogens is 1. The summed E-state index contributed by atoms with van der Waals surface area (Å²) in [5, 5.41) is 0. The van der Waals surface area contributed by atoms with E-state index in [1.54, 1.807) is 13.0 Å². The molecule has 0 unspecified atom stereocenters. The van der Waals surface area contributed by atoms with Gasteiger partial charge in [-0.3, -0.25) is 0 Å². The van der Waals surface area contributed by atoms with Crippen LogP contribution < -0.4 is 0 Å². The number of halogens is 2. The molecule has 2 aromatic rings. The fraction of sp³-hybridized carbons (Fsp3) is 0.125. The number of hydrogen-bond acceptors (Lipinski definition) is 2. The molecule has 0 aliphatic rings. The molecule has 0 saturated heterocycles. The Morgan fingerprint density at radius 1 is 1.50 bits per heavy atom. The van der Waals surface area contributed by atoms with Crippen LogP contribution in [-0.4, -0.2) is 4.98 Å². The van der Waals surface area contributed by atoms with Gasteiger partial charge in [0.1, 0.15) is 5.82 Å². The predicted octanol–water partition coefficient (Wildman–Crippen LogP) is 3.40. The monoisotopic (exact) mass is 201 g/mol. The Bertz CT molecular complexity index is 438. The molecule has 1 heterocycles. The standard InChI is InChI=1S/C8H5ClFNS/c1-4-5(10)2-3-6-7(4)11-8(9)12-6/h2-3H,1H3. The van der Waals surface area contributed by atoms with Gasteiger partial charge in [-0.05, 0) is 19.1 Å². The molecule has 0 saturated carbocycles. The molecule has 0 radical (unpaired) electrons. The van der Waals surface area contributed by atoms with Gasteiger partial charge in [0.25, 0.3) is 0 Å². The Morgan fingerprint density at radius 3 is 3.00 bits per heavy atom. The summed E-state index contributed by atoms with van der Waals surface area (Å²) in [6.45, 7) is 1.70. The molecule has 2 rings (SSSR count). The van der Waals surface area contributed by atoms with E-state index >= 15 is 0 Å². The van der Waals surface area contributed by atoms with E-state index in [0.717, 1.165) is 4.70 Å². The second-order valence-corrected chi connectivity index (χ2v) is 4.10. The lowest BCUT2D eigenvalue weighted by Gasteiger charge is -1.94. The van der Waals surface area contributed by atoms with Crippen molar-refractivity contribution in [2.24, 2.45) is 0 Å². The fourth-order valence-corrected chi connectivity index (χ4v) is 2.16. The summed E-state index contributed by atoms with van der Waals surface area (Å²) in [5.41, 5.74) is 1.24. The molecule has 1 nitrogen and oxygen atoms in total. The van der Waals surface area contributed by atoms with Crippen molar-refractivity contribution < 1.29 is 4.39 Å². The lowest BCUT2D eigenvalue weighted by Crippen LogP contribution is -1.82. The fourth-order valence-electron chi connectivity index (χ4n) is 1.07. The minimum Gasteiger partial charge on any atom is -0.225 e. The molecule has 0 amide bonds. The number of hydrogen-bond donors (Lipinski definition) is 0. The normalized spacial score (nSPS) is 10.9. The quantitative estimate of drug-likeness (QED) is 0.637. The first kappa shape index (κ1) is 7.95. The molecule has 62 valence electrons. The highest BCUT2D eigenvalue weighted by atomic mass is 35.5. The van der Waals surface area contributed by atoms with Crippen LogP contribution in [0.1, 0.15) is 5.56 Å². The number of thiazole rings is 1. The molecule has 0 spiro atoms. The van der Waals surface area contributed by atoms with Crippen LogP contribution in [0.4, 0.5) is 4.39 Å². The number of rotatable bonds is 0. The van der Waals surface area contributed by atoms with Crippen molar-refractivity contribution >= 4 is 33.2 Å². The number of aryl methyl sites for hydroxylation is 1. The molecule has 0 fully saturated rings. The van der Waals surface area contributed by atoms with Crippen molar-refractivity contribution in [3.63, 3.8) is 0 Å². The smallest absolute Gasteiger partial charge is 0.184 e. The zero-order valence-corrected chi connectivity index (χ0v) is 7.84. The Labute approximate surface area is 77.8 Å². The van der Waals surface area contributed by atoms with Gasteiger partial charge in [0.2, 0.25) is 0 Å². The summed E-state index contributed by atoms with van der Waals surface area (Å²) in [6.07, 6.45) is 0. The van der Waals surface area contributed by atoms with E-state index in [1.807, 2.05) is 0 Å². The van der Waals surface area contributed by atoms with Crippen molar-refractivity contribution in [1.29, 1.82) is 0 Å². The lowest BCUT2D eigenvalue weighted by atomic mass is 10.2. The third-order valence-corrected chi connectivity index (χ3v) is 2.85. The second kappa shape index (κ2) is 2.68. The van der Waals surface area contributed by atoms with E-state index < -0.39 is 0 Å². The Kier molecular flexibility index (Phi) is 1.77. The van der Waals surface area contributed by atoms with E-state index in [4.69, 9.17) is 11.6 Å². The molecule has 1 aromatic carbocycles. The molecule has 0 N–H and O–H groups in total. The van der Waals surface area contributed by atoms with E-state index in [0.29, 0.717) is 15.5 Å². The maximum atomic E-state index is 13.0. The summed E-state index contributed by atoms with van der Waals surface area (Å²) >= 11 is 7.06. The van der Waals surface area contributed by atoms with Gasteiger partial charge < -0.3 is 0 Å². The molecular formula is C8H5ClFNS. The molecule has 0 aliphatic carbocycles. The Balaban J connectivity index is 2.89. The Hall–Kier alpha value is -0.670. The number of benzene rings is 1. The molecule has 12 heavy (non-hydrogen) atoms. The van der Waals surface area contributed by atoms with Crippen LogP contribution in [0.15, 0.2) is 12.1 Å². The van der Waals surface area contributed by atoms with Crippen LogP contribution in [0.3, 0.4) is 0 Å². The van der Waals surface area contributed by atoms with Crippen LogP contribution in [0.5, 0.6) is 0 Å². The summed E-state index contributed by atoms with van der Waals surface area (Å²) < 4.78 is 14.4. The maximum absolute atomic E-state index is 13.0. The molecule has 1 aromatic heterocycles. The highest BCUT2D eigenvalue weighted by molar-refractivity contribution is 7.22. The zero-order valence-electron chi connectivity index (χ0n) is 6.27. The number of fused-ring (bicyclic) bond motifs is 1. The van der Waals surface area contributed by atoms with Gasteiger partial charge in [0, 0.05) is 5.56 Å². The topological polar surface area (TPSA) is 12.9 Å². The van der Waals surface area contributed by atoms with Crippen LogP contribution in [-0.2, 0) is 0 Å². The third kappa shape index (κ3) is 1.09. The molecule has 0 atom stereocenters. The third-order valence-electron chi connectivity index (χ3n) is 1.72. The highest BCUT2D eigenvalue weighted by Crippen LogP contribution is 2.28. The van der Waals surface area contributed by atoms with Crippen molar-refractivity contribution in [3.8, 4) is 0 Å². The highest BCUT2D eigenvalue weighted by Gasteiger charge is 2.07. The van der Waals surface area contributed by atoms with Crippen molar-refractivity contribution in [2.45, 2.75) is 6.92 Å². The van der Waals surface area contributed by atoms with Gasteiger partial charge in [0.15, 0.2) is 4.47 Å². The van der Waals surface area contributed by atoms with Gasteiger partial charge in [-0.1, -0.05) is 11.6 Å². The van der Waals surface area contributed by atoms with Gasteiger partial charge in [-0.2, -0.15) is 0 Å².